The van der Waals surface area contributed by atoms with Crippen molar-refractivity contribution >= 4 is 39.0 Å². The lowest BCUT2D eigenvalue weighted by Crippen LogP contribution is -2.06. The van der Waals surface area contributed by atoms with Crippen molar-refractivity contribution in [3.8, 4) is 22.4 Å². The summed E-state index contributed by atoms with van der Waals surface area (Å²) in [5.74, 6) is 0.553. The SMILES string of the molecule is COC(=O)c1ccc(Cn2cc(-c3ccc(Cl)cc3Cl)nc2CCCc2ccc(-c3cccc(S(C)(=O)=O)c3)cc2)cc1. The van der Waals surface area contributed by atoms with Crippen molar-refractivity contribution in [2.75, 3.05) is 13.4 Å². The Kier molecular flexibility index (Phi) is 9.35. The molecule has 0 N–H and O–H groups in total. The molecule has 0 aliphatic rings. The molecule has 1 heterocycles. The number of aryl methyl sites for hydroxylation is 2. The van der Waals surface area contributed by atoms with Crippen LogP contribution in [-0.4, -0.2) is 37.3 Å². The van der Waals surface area contributed by atoms with E-state index >= 15 is 0 Å². The van der Waals surface area contributed by atoms with Crippen LogP contribution < -0.4 is 0 Å². The Morgan fingerprint density at radius 3 is 2.26 bits per heavy atom. The molecule has 5 rings (SSSR count). The van der Waals surface area contributed by atoms with Gasteiger partial charge in [-0.25, -0.2) is 18.2 Å². The van der Waals surface area contributed by atoms with E-state index in [0.29, 0.717) is 27.0 Å². The van der Waals surface area contributed by atoms with Crippen molar-refractivity contribution in [1.82, 2.24) is 9.55 Å². The molecule has 0 spiro atoms. The van der Waals surface area contributed by atoms with E-state index in [0.717, 1.165) is 53.0 Å². The van der Waals surface area contributed by atoms with Gasteiger partial charge >= 0.3 is 5.97 Å². The van der Waals surface area contributed by atoms with Crippen molar-refractivity contribution in [1.29, 1.82) is 0 Å². The molecule has 1 aromatic heterocycles. The number of nitrogens with zero attached hydrogens (tertiary/aromatic N) is 2. The number of methoxy groups -OCH3 is 1. The lowest BCUT2D eigenvalue weighted by Gasteiger charge is -2.09. The minimum Gasteiger partial charge on any atom is -0.465 e. The van der Waals surface area contributed by atoms with Crippen molar-refractivity contribution < 1.29 is 17.9 Å². The van der Waals surface area contributed by atoms with Crippen LogP contribution in [0, 0.1) is 0 Å². The largest absolute Gasteiger partial charge is 0.465 e. The minimum absolute atomic E-state index is 0.309. The average Bonchev–Trinajstić information content (AvgIpc) is 3.39. The molecule has 0 saturated carbocycles. The maximum Gasteiger partial charge on any atom is 0.337 e. The van der Waals surface area contributed by atoms with E-state index in [2.05, 4.69) is 16.7 Å². The van der Waals surface area contributed by atoms with Gasteiger partial charge in [-0.1, -0.05) is 71.7 Å². The number of hydrogen-bond donors (Lipinski definition) is 0. The second-order valence-corrected chi connectivity index (χ2v) is 13.2. The van der Waals surface area contributed by atoms with Gasteiger partial charge in [-0.15, -0.1) is 0 Å². The predicted octanol–water partition coefficient (Wildman–Crippen LogP) is 7.94. The lowest BCUT2D eigenvalue weighted by molar-refractivity contribution is 0.0600. The number of halogens is 2. The number of benzene rings is 4. The van der Waals surface area contributed by atoms with Gasteiger partial charge < -0.3 is 9.30 Å². The Bertz CT molecular complexity index is 1870. The van der Waals surface area contributed by atoms with Crippen LogP contribution in [0.2, 0.25) is 10.0 Å². The summed E-state index contributed by atoms with van der Waals surface area (Å²) in [7, 11) is -1.90. The Balaban J connectivity index is 1.33. The van der Waals surface area contributed by atoms with Crippen LogP contribution in [0.4, 0.5) is 0 Å². The monoisotopic (exact) mass is 632 g/mol. The molecule has 0 aliphatic heterocycles. The highest BCUT2D eigenvalue weighted by Crippen LogP contribution is 2.30. The third kappa shape index (κ3) is 7.54. The first-order chi connectivity index (χ1) is 20.6. The summed E-state index contributed by atoms with van der Waals surface area (Å²) in [5.41, 5.74) is 6.11. The quantitative estimate of drug-likeness (QED) is 0.146. The van der Waals surface area contributed by atoms with Gasteiger partial charge in [0.25, 0.3) is 0 Å². The first-order valence-electron chi connectivity index (χ1n) is 13.7. The number of sulfone groups is 1. The summed E-state index contributed by atoms with van der Waals surface area (Å²) in [4.78, 5) is 17.1. The molecule has 43 heavy (non-hydrogen) atoms. The third-order valence-corrected chi connectivity index (χ3v) is 8.87. The zero-order chi connectivity index (χ0) is 30.6. The van der Waals surface area contributed by atoms with Crippen molar-refractivity contribution in [3.05, 3.63) is 130 Å². The number of rotatable bonds is 10. The molecule has 220 valence electrons. The van der Waals surface area contributed by atoms with Gasteiger partial charge in [-0.05, 0) is 77.6 Å². The number of carbonyl (C=O) groups excluding carboxylic acids is 1. The van der Waals surface area contributed by atoms with Crippen LogP contribution in [0.15, 0.2) is 102 Å². The molecular formula is C34H30Cl2N2O4S. The molecule has 9 heteroatoms. The number of ether oxygens (including phenoxy) is 1. The summed E-state index contributed by atoms with van der Waals surface area (Å²) < 4.78 is 30.8. The first-order valence-corrected chi connectivity index (χ1v) is 16.3. The maximum atomic E-state index is 12.0. The molecule has 0 radical (unpaired) electrons. The topological polar surface area (TPSA) is 78.3 Å². The smallest absolute Gasteiger partial charge is 0.337 e. The van der Waals surface area contributed by atoms with Crippen LogP contribution in [0.1, 0.15) is 33.7 Å². The summed E-state index contributed by atoms with van der Waals surface area (Å²) in [5, 5.41) is 1.10. The summed E-state index contributed by atoms with van der Waals surface area (Å²) in [6.45, 7) is 0.580. The summed E-state index contributed by atoms with van der Waals surface area (Å²) in [6, 6.07) is 27.9. The predicted molar refractivity (Wildman–Crippen MR) is 172 cm³/mol. The molecule has 0 atom stereocenters. The zero-order valence-electron chi connectivity index (χ0n) is 23.8. The van der Waals surface area contributed by atoms with E-state index in [4.69, 9.17) is 32.9 Å². The van der Waals surface area contributed by atoms with Gasteiger partial charge in [0.15, 0.2) is 9.84 Å². The normalized spacial score (nSPS) is 11.4. The lowest BCUT2D eigenvalue weighted by atomic mass is 10.0. The van der Waals surface area contributed by atoms with Gasteiger partial charge in [0, 0.05) is 36.0 Å². The van der Waals surface area contributed by atoms with Crippen molar-refractivity contribution in [3.63, 3.8) is 0 Å². The van der Waals surface area contributed by atoms with E-state index in [1.807, 2.05) is 42.6 Å². The van der Waals surface area contributed by atoms with Crippen LogP contribution in [-0.2, 0) is 34.0 Å². The van der Waals surface area contributed by atoms with Gasteiger partial charge in [-0.3, -0.25) is 0 Å². The maximum absolute atomic E-state index is 12.0. The molecule has 0 saturated heterocycles. The van der Waals surface area contributed by atoms with Crippen LogP contribution in [0.25, 0.3) is 22.4 Å². The Morgan fingerprint density at radius 1 is 0.860 bits per heavy atom. The van der Waals surface area contributed by atoms with Crippen LogP contribution in [0.5, 0.6) is 0 Å². The van der Waals surface area contributed by atoms with Crippen molar-refractivity contribution in [2.24, 2.45) is 0 Å². The van der Waals surface area contributed by atoms with Crippen LogP contribution in [0.3, 0.4) is 0 Å². The van der Waals surface area contributed by atoms with E-state index in [9.17, 15) is 13.2 Å². The average molecular weight is 634 g/mol. The zero-order valence-corrected chi connectivity index (χ0v) is 26.1. The van der Waals surface area contributed by atoms with Gasteiger partial charge in [-0.2, -0.15) is 0 Å². The molecule has 6 nitrogen and oxygen atoms in total. The number of hydrogen-bond acceptors (Lipinski definition) is 5. The molecule has 0 aliphatic carbocycles. The fourth-order valence-corrected chi connectivity index (χ4v) is 6.07. The highest BCUT2D eigenvalue weighted by Gasteiger charge is 2.14. The van der Waals surface area contributed by atoms with Crippen molar-refractivity contribution in [2.45, 2.75) is 30.7 Å². The number of imidazole rings is 1. The number of aromatic nitrogens is 2. The highest BCUT2D eigenvalue weighted by atomic mass is 35.5. The highest BCUT2D eigenvalue weighted by molar-refractivity contribution is 7.90. The number of carbonyl (C=O) groups is 1. The fourth-order valence-electron chi connectivity index (χ4n) is 4.90. The van der Waals surface area contributed by atoms with E-state index in [1.165, 1.54) is 18.9 Å². The Labute approximate surface area is 261 Å². The molecule has 5 aromatic rings. The van der Waals surface area contributed by atoms with E-state index in [1.54, 1.807) is 42.5 Å². The molecule has 0 fully saturated rings. The molecule has 4 aromatic carbocycles. The van der Waals surface area contributed by atoms with Crippen LogP contribution >= 0.6 is 23.2 Å². The third-order valence-electron chi connectivity index (χ3n) is 7.21. The Morgan fingerprint density at radius 2 is 1.58 bits per heavy atom. The first kappa shape index (κ1) is 30.5. The molecule has 0 amide bonds. The Hall–Kier alpha value is -3.91. The second kappa shape index (κ2) is 13.2. The fraction of sp³-hybridized carbons (Fsp3) is 0.176. The van der Waals surface area contributed by atoms with Gasteiger partial charge in [0.05, 0.1) is 28.3 Å². The number of esters is 1. The summed E-state index contributed by atoms with van der Waals surface area (Å²) >= 11 is 12.6. The van der Waals surface area contributed by atoms with Gasteiger partial charge in [0.1, 0.15) is 5.82 Å². The van der Waals surface area contributed by atoms with E-state index < -0.39 is 9.84 Å². The molecule has 0 bridgehead atoms. The standard InChI is InChI=1S/C34H30Cl2N2O4S/c1-42-34(39)26-15-11-24(12-16-26)21-38-22-32(30-18-17-28(35)20-31(30)36)37-33(38)8-3-5-23-9-13-25(14-10-23)27-6-4-7-29(19-27)43(2,40)41/h4,6-7,9-20,22H,3,5,8,21H2,1-2H3. The van der Waals surface area contributed by atoms with E-state index in [-0.39, 0.29) is 5.97 Å². The molecule has 0 unspecified atom stereocenters. The molecular weight excluding hydrogens is 603 g/mol. The summed E-state index contributed by atoms with van der Waals surface area (Å²) in [6.07, 6.45) is 5.67. The minimum atomic E-state index is -3.27. The van der Waals surface area contributed by atoms with Gasteiger partial charge in [0.2, 0.25) is 0 Å². The second-order valence-electron chi connectivity index (χ2n) is 10.3.